The van der Waals surface area contributed by atoms with Crippen LogP contribution in [0.25, 0.3) is 0 Å². The first-order chi connectivity index (χ1) is 9.51. The first-order valence-electron chi connectivity index (χ1n) is 7.80. The fraction of sp³-hybridized carbons (Fsp3) is 0.647. The molecule has 1 aromatic rings. The van der Waals surface area contributed by atoms with E-state index in [1.165, 1.54) is 17.7 Å². The normalized spacial score (nSPS) is 24.8. The SMILES string of the molecule is CCC(N)Cc1ccc(Cl)cc1N1CCC(C)C(C)C1. The Labute approximate surface area is 128 Å². The predicted molar refractivity (Wildman–Crippen MR) is 88.6 cm³/mol. The van der Waals surface area contributed by atoms with Crippen LogP contribution in [0.3, 0.4) is 0 Å². The van der Waals surface area contributed by atoms with E-state index >= 15 is 0 Å². The molecule has 1 aliphatic heterocycles. The Bertz CT molecular complexity index is 447. The second-order valence-electron chi connectivity index (χ2n) is 6.33. The van der Waals surface area contributed by atoms with Gasteiger partial charge in [-0.25, -0.2) is 0 Å². The monoisotopic (exact) mass is 294 g/mol. The zero-order valence-electron chi connectivity index (χ0n) is 12.9. The third kappa shape index (κ3) is 3.67. The number of piperidine rings is 1. The lowest BCUT2D eigenvalue weighted by Gasteiger charge is -2.38. The Balaban J connectivity index is 2.22. The molecular weight excluding hydrogens is 268 g/mol. The number of nitrogens with zero attached hydrogens (tertiary/aromatic N) is 1. The molecular formula is C17H27ClN2. The zero-order valence-corrected chi connectivity index (χ0v) is 13.7. The van der Waals surface area contributed by atoms with Crippen LogP contribution in [-0.2, 0) is 6.42 Å². The molecule has 0 bridgehead atoms. The van der Waals surface area contributed by atoms with Gasteiger partial charge in [0.2, 0.25) is 0 Å². The molecule has 0 aliphatic carbocycles. The van der Waals surface area contributed by atoms with Crippen LogP contribution in [0.5, 0.6) is 0 Å². The minimum Gasteiger partial charge on any atom is -0.371 e. The second-order valence-corrected chi connectivity index (χ2v) is 6.77. The number of hydrogen-bond donors (Lipinski definition) is 1. The van der Waals surface area contributed by atoms with E-state index in [9.17, 15) is 0 Å². The number of hydrogen-bond acceptors (Lipinski definition) is 2. The number of nitrogens with two attached hydrogens (primary N) is 1. The van der Waals surface area contributed by atoms with E-state index in [2.05, 4.69) is 37.8 Å². The summed E-state index contributed by atoms with van der Waals surface area (Å²) < 4.78 is 0. The van der Waals surface area contributed by atoms with Crippen molar-refractivity contribution < 1.29 is 0 Å². The average molecular weight is 295 g/mol. The molecule has 3 heteroatoms. The smallest absolute Gasteiger partial charge is 0.0426 e. The van der Waals surface area contributed by atoms with Gasteiger partial charge in [0.15, 0.2) is 0 Å². The Morgan fingerprint density at radius 1 is 1.35 bits per heavy atom. The van der Waals surface area contributed by atoms with Crippen LogP contribution >= 0.6 is 11.6 Å². The van der Waals surface area contributed by atoms with Crippen molar-refractivity contribution in [2.75, 3.05) is 18.0 Å². The molecule has 2 N–H and O–H groups in total. The molecule has 2 nitrogen and oxygen atoms in total. The Morgan fingerprint density at radius 3 is 2.75 bits per heavy atom. The van der Waals surface area contributed by atoms with Gasteiger partial charge in [-0.05, 0) is 48.8 Å². The molecule has 0 aromatic heterocycles. The van der Waals surface area contributed by atoms with E-state index in [0.717, 1.165) is 42.8 Å². The first-order valence-corrected chi connectivity index (χ1v) is 8.18. The second kappa shape index (κ2) is 6.82. The summed E-state index contributed by atoms with van der Waals surface area (Å²) in [5.41, 5.74) is 8.77. The van der Waals surface area contributed by atoms with E-state index in [1.807, 2.05) is 6.07 Å². The van der Waals surface area contributed by atoms with Crippen molar-refractivity contribution in [3.8, 4) is 0 Å². The third-order valence-corrected chi connectivity index (χ3v) is 4.96. The van der Waals surface area contributed by atoms with E-state index in [0.29, 0.717) is 0 Å². The summed E-state index contributed by atoms with van der Waals surface area (Å²) in [5, 5.41) is 0.820. The lowest BCUT2D eigenvalue weighted by molar-refractivity contribution is 0.323. The van der Waals surface area contributed by atoms with Crippen molar-refractivity contribution in [1.29, 1.82) is 0 Å². The van der Waals surface area contributed by atoms with E-state index in [-0.39, 0.29) is 6.04 Å². The highest BCUT2D eigenvalue weighted by atomic mass is 35.5. The Hall–Kier alpha value is -0.730. The van der Waals surface area contributed by atoms with Gasteiger partial charge in [-0.1, -0.05) is 38.4 Å². The topological polar surface area (TPSA) is 29.3 Å². The van der Waals surface area contributed by atoms with Gasteiger partial charge in [-0.15, -0.1) is 0 Å². The Morgan fingerprint density at radius 2 is 2.10 bits per heavy atom. The molecule has 1 heterocycles. The number of rotatable bonds is 4. The standard InChI is InChI=1S/C17H27ClN2/c1-4-16(19)9-14-5-6-15(18)10-17(14)20-8-7-12(2)13(3)11-20/h5-6,10,12-13,16H,4,7-9,11,19H2,1-3H3. The first kappa shape index (κ1) is 15.7. The van der Waals surface area contributed by atoms with Crippen LogP contribution in [0.1, 0.15) is 39.2 Å². The minimum atomic E-state index is 0.232. The average Bonchev–Trinajstić information content (AvgIpc) is 2.43. The van der Waals surface area contributed by atoms with Crippen molar-refractivity contribution >= 4 is 17.3 Å². The van der Waals surface area contributed by atoms with Gasteiger partial charge in [-0.2, -0.15) is 0 Å². The molecule has 0 amide bonds. The van der Waals surface area contributed by atoms with Gasteiger partial charge < -0.3 is 10.6 Å². The van der Waals surface area contributed by atoms with Crippen LogP contribution in [0.4, 0.5) is 5.69 Å². The molecule has 3 atom stereocenters. The molecule has 1 fully saturated rings. The summed E-state index contributed by atoms with van der Waals surface area (Å²) in [6, 6.07) is 6.48. The minimum absolute atomic E-state index is 0.232. The summed E-state index contributed by atoms with van der Waals surface area (Å²) in [5.74, 6) is 1.54. The molecule has 112 valence electrons. The molecule has 0 saturated carbocycles. The molecule has 1 saturated heterocycles. The fourth-order valence-electron chi connectivity index (χ4n) is 2.91. The summed E-state index contributed by atoms with van der Waals surface area (Å²) in [7, 11) is 0. The molecule has 2 rings (SSSR count). The van der Waals surface area contributed by atoms with Crippen LogP contribution < -0.4 is 10.6 Å². The highest BCUT2D eigenvalue weighted by Gasteiger charge is 2.24. The largest absolute Gasteiger partial charge is 0.371 e. The maximum atomic E-state index is 6.21. The van der Waals surface area contributed by atoms with Crippen LogP contribution in [0.2, 0.25) is 5.02 Å². The molecule has 3 unspecified atom stereocenters. The predicted octanol–water partition coefficient (Wildman–Crippen LogP) is 4.10. The van der Waals surface area contributed by atoms with E-state index in [1.54, 1.807) is 0 Å². The van der Waals surface area contributed by atoms with Gasteiger partial charge in [0.05, 0.1) is 0 Å². The van der Waals surface area contributed by atoms with E-state index in [4.69, 9.17) is 17.3 Å². The van der Waals surface area contributed by atoms with Gasteiger partial charge >= 0.3 is 0 Å². The van der Waals surface area contributed by atoms with Gasteiger partial charge in [0.1, 0.15) is 0 Å². The molecule has 0 radical (unpaired) electrons. The summed E-state index contributed by atoms with van der Waals surface area (Å²) in [4.78, 5) is 2.49. The number of benzene rings is 1. The highest BCUT2D eigenvalue weighted by Crippen LogP contribution is 2.31. The van der Waals surface area contributed by atoms with Crippen LogP contribution in [0.15, 0.2) is 18.2 Å². The van der Waals surface area contributed by atoms with Gasteiger partial charge in [0.25, 0.3) is 0 Å². The summed E-state index contributed by atoms with van der Waals surface area (Å²) in [6.07, 6.45) is 3.20. The fourth-order valence-corrected chi connectivity index (χ4v) is 3.08. The maximum Gasteiger partial charge on any atom is 0.0426 e. The third-order valence-electron chi connectivity index (χ3n) is 4.73. The lowest BCUT2D eigenvalue weighted by Crippen LogP contribution is -2.39. The van der Waals surface area contributed by atoms with Crippen LogP contribution in [0, 0.1) is 11.8 Å². The maximum absolute atomic E-state index is 6.21. The summed E-state index contributed by atoms with van der Waals surface area (Å²) >= 11 is 6.21. The number of halogens is 1. The molecule has 20 heavy (non-hydrogen) atoms. The number of anilines is 1. The van der Waals surface area contributed by atoms with Gasteiger partial charge in [-0.3, -0.25) is 0 Å². The van der Waals surface area contributed by atoms with Crippen molar-refractivity contribution in [2.24, 2.45) is 17.6 Å². The van der Waals surface area contributed by atoms with Crippen molar-refractivity contribution in [3.63, 3.8) is 0 Å². The van der Waals surface area contributed by atoms with Crippen molar-refractivity contribution in [1.82, 2.24) is 0 Å². The Kier molecular flexibility index (Phi) is 5.34. The van der Waals surface area contributed by atoms with Crippen LogP contribution in [-0.4, -0.2) is 19.1 Å². The van der Waals surface area contributed by atoms with Gasteiger partial charge in [0, 0.05) is 29.8 Å². The highest BCUT2D eigenvalue weighted by molar-refractivity contribution is 6.30. The van der Waals surface area contributed by atoms with Crippen molar-refractivity contribution in [2.45, 2.75) is 46.1 Å². The summed E-state index contributed by atoms with van der Waals surface area (Å²) in [6.45, 7) is 9.09. The molecule has 0 spiro atoms. The molecule has 1 aliphatic rings. The van der Waals surface area contributed by atoms with Crippen molar-refractivity contribution in [3.05, 3.63) is 28.8 Å². The lowest BCUT2D eigenvalue weighted by atomic mass is 9.88. The quantitative estimate of drug-likeness (QED) is 0.906. The molecule has 1 aromatic carbocycles. The zero-order chi connectivity index (χ0) is 14.7. The van der Waals surface area contributed by atoms with E-state index < -0.39 is 0 Å².